The lowest BCUT2D eigenvalue weighted by molar-refractivity contribution is -0.108. The largest absolute Gasteiger partial charge is 0.357 e. The molecule has 3 heteroatoms. The predicted molar refractivity (Wildman–Crippen MR) is 43.2 cm³/mol. The molecule has 0 saturated heterocycles. The number of hydrogen-bond acceptors (Lipinski definition) is 2. The fourth-order valence-electron chi connectivity index (χ4n) is 1.00. The number of hydrogen-bond donors (Lipinski definition) is 1. The predicted octanol–water partition coefficient (Wildman–Crippen LogP) is 0.0938. The molecule has 0 aliphatic heterocycles. The fourth-order valence-corrected chi connectivity index (χ4v) is 1.00. The molecule has 0 aliphatic carbocycles. The van der Waals surface area contributed by atoms with Crippen molar-refractivity contribution in [1.29, 1.82) is 0 Å². The molecule has 1 rings (SSSR count). The van der Waals surface area contributed by atoms with Gasteiger partial charge in [-0.05, 0) is 18.1 Å². The zero-order valence-electron chi connectivity index (χ0n) is 6.53. The Hall–Kier alpha value is -1.09. The van der Waals surface area contributed by atoms with E-state index in [0.29, 0.717) is 6.42 Å². The highest BCUT2D eigenvalue weighted by molar-refractivity contribution is 5.57. The maximum atomic E-state index is 10.2. The molecular formula is C8H12N2O. The Morgan fingerprint density at radius 3 is 3.00 bits per heavy atom. The summed E-state index contributed by atoms with van der Waals surface area (Å²) >= 11 is 0. The van der Waals surface area contributed by atoms with Crippen LogP contribution in [0.25, 0.3) is 0 Å². The first-order chi connectivity index (χ1) is 5.22. The molecule has 0 bridgehead atoms. The molecule has 1 aromatic heterocycles. The Balaban J connectivity index is 2.57. The minimum absolute atomic E-state index is 0.364. The molecule has 0 spiro atoms. The second kappa shape index (κ2) is 3.34. The highest BCUT2D eigenvalue weighted by Crippen LogP contribution is 2.01. The lowest BCUT2D eigenvalue weighted by Gasteiger charge is -1.99. The van der Waals surface area contributed by atoms with Gasteiger partial charge in [0.05, 0.1) is 6.04 Å². The summed E-state index contributed by atoms with van der Waals surface area (Å²) in [6.07, 6.45) is 5.30. The molecule has 0 radical (unpaired) electrons. The second-order valence-corrected chi connectivity index (χ2v) is 2.69. The van der Waals surface area contributed by atoms with Gasteiger partial charge in [-0.2, -0.15) is 0 Å². The Kier molecular flexibility index (Phi) is 2.44. The van der Waals surface area contributed by atoms with E-state index in [1.165, 1.54) is 0 Å². The number of rotatable bonds is 3. The zero-order valence-corrected chi connectivity index (χ0v) is 6.53. The number of carbonyl (C=O) groups is 1. The van der Waals surface area contributed by atoms with Gasteiger partial charge in [0.2, 0.25) is 0 Å². The molecule has 1 aromatic rings. The quantitative estimate of drug-likeness (QED) is 0.624. The average Bonchev–Trinajstić information content (AvgIpc) is 2.35. The first-order valence-corrected chi connectivity index (χ1v) is 3.54. The van der Waals surface area contributed by atoms with E-state index >= 15 is 0 Å². The van der Waals surface area contributed by atoms with Crippen LogP contribution in [0.3, 0.4) is 0 Å². The van der Waals surface area contributed by atoms with Crippen LogP contribution < -0.4 is 5.73 Å². The monoisotopic (exact) mass is 152 g/mol. The molecule has 0 fully saturated rings. The molecule has 0 saturated carbocycles. The number of aldehydes is 1. The minimum Gasteiger partial charge on any atom is -0.357 e. The van der Waals surface area contributed by atoms with Crippen LogP contribution >= 0.6 is 0 Å². The van der Waals surface area contributed by atoms with E-state index in [2.05, 4.69) is 0 Å². The Morgan fingerprint density at radius 2 is 2.55 bits per heavy atom. The van der Waals surface area contributed by atoms with Gasteiger partial charge in [0.1, 0.15) is 6.29 Å². The van der Waals surface area contributed by atoms with E-state index in [4.69, 9.17) is 5.73 Å². The van der Waals surface area contributed by atoms with Gasteiger partial charge >= 0.3 is 0 Å². The molecule has 0 amide bonds. The van der Waals surface area contributed by atoms with Crippen LogP contribution in [0.5, 0.6) is 0 Å². The van der Waals surface area contributed by atoms with Crippen molar-refractivity contribution >= 4 is 6.29 Å². The standard InChI is InChI=1S/C8H12N2O/c1-10-3-2-7(5-10)4-8(9)6-11/h2-3,5-6,8H,4,9H2,1H3. The normalized spacial score (nSPS) is 12.9. The van der Waals surface area contributed by atoms with Crippen LogP contribution in [0, 0.1) is 0 Å². The van der Waals surface area contributed by atoms with Crippen molar-refractivity contribution in [3.63, 3.8) is 0 Å². The molecule has 60 valence electrons. The minimum atomic E-state index is -0.364. The maximum absolute atomic E-state index is 10.2. The Labute approximate surface area is 65.8 Å². The van der Waals surface area contributed by atoms with Crippen molar-refractivity contribution in [2.24, 2.45) is 12.8 Å². The summed E-state index contributed by atoms with van der Waals surface area (Å²) in [5, 5.41) is 0. The van der Waals surface area contributed by atoms with E-state index in [-0.39, 0.29) is 6.04 Å². The van der Waals surface area contributed by atoms with Crippen LogP contribution in [0.15, 0.2) is 18.5 Å². The summed E-state index contributed by atoms with van der Waals surface area (Å²) in [5.74, 6) is 0. The highest BCUT2D eigenvalue weighted by atomic mass is 16.1. The van der Waals surface area contributed by atoms with Gasteiger partial charge in [0, 0.05) is 19.4 Å². The number of aromatic nitrogens is 1. The van der Waals surface area contributed by atoms with Crippen molar-refractivity contribution in [1.82, 2.24) is 4.57 Å². The van der Waals surface area contributed by atoms with Gasteiger partial charge in [-0.25, -0.2) is 0 Å². The van der Waals surface area contributed by atoms with E-state index in [1.54, 1.807) is 0 Å². The van der Waals surface area contributed by atoms with Crippen molar-refractivity contribution < 1.29 is 4.79 Å². The fraction of sp³-hybridized carbons (Fsp3) is 0.375. The van der Waals surface area contributed by atoms with Gasteiger partial charge in [0.25, 0.3) is 0 Å². The average molecular weight is 152 g/mol. The summed E-state index contributed by atoms with van der Waals surface area (Å²) in [7, 11) is 1.94. The number of aryl methyl sites for hydroxylation is 1. The van der Waals surface area contributed by atoms with Crippen LogP contribution in [-0.4, -0.2) is 16.9 Å². The summed E-state index contributed by atoms with van der Waals surface area (Å²) < 4.78 is 1.94. The summed E-state index contributed by atoms with van der Waals surface area (Å²) in [6.45, 7) is 0. The van der Waals surface area contributed by atoms with Crippen molar-refractivity contribution in [3.8, 4) is 0 Å². The lowest BCUT2D eigenvalue weighted by Crippen LogP contribution is -2.23. The number of nitrogens with two attached hydrogens (primary N) is 1. The molecular weight excluding hydrogens is 140 g/mol. The molecule has 0 aromatic carbocycles. The molecule has 11 heavy (non-hydrogen) atoms. The highest BCUT2D eigenvalue weighted by Gasteiger charge is 2.01. The van der Waals surface area contributed by atoms with Gasteiger partial charge in [-0.15, -0.1) is 0 Å². The molecule has 1 atom stereocenters. The van der Waals surface area contributed by atoms with Crippen LogP contribution in [-0.2, 0) is 18.3 Å². The molecule has 1 heterocycles. The Bertz CT molecular complexity index is 242. The SMILES string of the molecule is Cn1ccc(CC(N)C=O)c1. The van der Waals surface area contributed by atoms with Crippen LogP contribution in [0.4, 0.5) is 0 Å². The van der Waals surface area contributed by atoms with Gasteiger partial charge in [-0.1, -0.05) is 0 Å². The Morgan fingerprint density at radius 1 is 1.82 bits per heavy atom. The van der Waals surface area contributed by atoms with Gasteiger partial charge < -0.3 is 15.1 Å². The van der Waals surface area contributed by atoms with Crippen LogP contribution in [0.1, 0.15) is 5.56 Å². The third-order valence-electron chi connectivity index (χ3n) is 1.54. The van der Waals surface area contributed by atoms with Crippen molar-refractivity contribution in [2.45, 2.75) is 12.5 Å². The third-order valence-corrected chi connectivity index (χ3v) is 1.54. The number of nitrogens with zero attached hydrogens (tertiary/aromatic N) is 1. The van der Waals surface area contributed by atoms with Crippen molar-refractivity contribution in [2.75, 3.05) is 0 Å². The first-order valence-electron chi connectivity index (χ1n) is 3.54. The first kappa shape index (κ1) is 8.01. The second-order valence-electron chi connectivity index (χ2n) is 2.69. The molecule has 3 nitrogen and oxygen atoms in total. The van der Waals surface area contributed by atoms with Gasteiger partial charge in [-0.3, -0.25) is 0 Å². The summed E-state index contributed by atoms with van der Waals surface area (Å²) in [6, 6.07) is 1.60. The molecule has 1 unspecified atom stereocenters. The van der Waals surface area contributed by atoms with Crippen LogP contribution in [0.2, 0.25) is 0 Å². The van der Waals surface area contributed by atoms with E-state index in [9.17, 15) is 4.79 Å². The molecule has 0 aliphatic rings. The molecule has 2 N–H and O–H groups in total. The summed E-state index contributed by atoms with van der Waals surface area (Å²) in [5.41, 5.74) is 6.54. The van der Waals surface area contributed by atoms with E-state index in [0.717, 1.165) is 11.8 Å². The van der Waals surface area contributed by atoms with Crippen molar-refractivity contribution in [3.05, 3.63) is 24.0 Å². The smallest absolute Gasteiger partial charge is 0.137 e. The topological polar surface area (TPSA) is 48.0 Å². The van der Waals surface area contributed by atoms with E-state index < -0.39 is 0 Å². The zero-order chi connectivity index (χ0) is 8.27. The summed E-state index contributed by atoms with van der Waals surface area (Å²) in [4.78, 5) is 10.2. The van der Waals surface area contributed by atoms with Gasteiger partial charge in [0.15, 0.2) is 0 Å². The lowest BCUT2D eigenvalue weighted by atomic mass is 10.1. The third kappa shape index (κ3) is 2.20. The maximum Gasteiger partial charge on any atom is 0.137 e. The number of carbonyl (C=O) groups excluding carboxylic acids is 1. The van der Waals surface area contributed by atoms with E-state index in [1.807, 2.05) is 30.1 Å².